The fourth-order valence-corrected chi connectivity index (χ4v) is 4.99. The number of hydrogen-bond donors (Lipinski definition) is 1. The van der Waals surface area contributed by atoms with Crippen LogP contribution in [0.2, 0.25) is 0 Å². The summed E-state index contributed by atoms with van der Waals surface area (Å²) in [6, 6.07) is 11.7. The van der Waals surface area contributed by atoms with Crippen molar-refractivity contribution >= 4 is 11.8 Å². The van der Waals surface area contributed by atoms with Gasteiger partial charge in [0.25, 0.3) is 0 Å². The van der Waals surface area contributed by atoms with Gasteiger partial charge in [0.2, 0.25) is 0 Å². The Bertz CT molecular complexity index is 830. The summed E-state index contributed by atoms with van der Waals surface area (Å²) < 4.78 is 0. The first-order valence-electron chi connectivity index (χ1n) is 9.13. The minimum absolute atomic E-state index is 0.0215. The van der Waals surface area contributed by atoms with Gasteiger partial charge in [-0.2, -0.15) is 0 Å². The molecule has 0 aliphatic carbocycles. The molecule has 24 heavy (non-hydrogen) atoms. The number of fused-ring (bicyclic) bond motifs is 4. The van der Waals surface area contributed by atoms with E-state index in [1.54, 1.807) is 0 Å². The van der Waals surface area contributed by atoms with E-state index in [0.29, 0.717) is 5.92 Å². The van der Waals surface area contributed by atoms with Gasteiger partial charge in [-0.15, -0.1) is 0 Å². The SMILES string of the molecule is Cc1cc(C)c2c(c1)C/C=C\c1ccc3cc1NC2(C)CC(C)C3. The normalized spacial score (nSPS) is 26.2. The molecule has 124 valence electrons. The van der Waals surface area contributed by atoms with Crippen molar-refractivity contribution in [2.45, 2.75) is 52.5 Å². The predicted molar refractivity (Wildman–Crippen MR) is 104 cm³/mol. The summed E-state index contributed by atoms with van der Waals surface area (Å²) in [4.78, 5) is 0. The van der Waals surface area contributed by atoms with E-state index in [4.69, 9.17) is 0 Å². The van der Waals surface area contributed by atoms with Gasteiger partial charge < -0.3 is 5.32 Å². The van der Waals surface area contributed by atoms with Crippen LogP contribution in [0.1, 0.15) is 53.6 Å². The standard InChI is InChI=1S/C23H27N/c1-15-10-17(3)22-20(12-15)7-5-6-19-9-8-18-11-16(2)14-23(22,4)24-21(19)13-18/h5-6,8-10,12-13,16,24H,7,11,14H2,1-4H3/b6-5-. The highest BCUT2D eigenvalue weighted by molar-refractivity contribution is 5.70. The lowest BCUT2D eigenvalue weighted by Gasteiger charge is -2.39. The van der Waals surface area contributed by atoms with Crippen LogP contribution in [-0.4, -0.2) is 0 Å². The Morgan fingerprint density at radius 1 is 1.12 bits per heavy atom. The monoisotopic (exact) mass is 317 g/mol. The molecule has 2 heterocycles. The molecule has 0 saturated carbocycles. The second-order valence-corrected chi connectivity index (χ2v) is 8.11. The first-order valence-corrected chi connectivity index (χ1v) is 9.13. The van der Waals surface area contributed by atoms with Gasteiger partial charge in [0.15, 0.2) is 0 Å². The highest BCUT2D eigenvalue weighted by atomic mass is 15.0. The Morgan fingerprint density at radius 2 is 1.96 bits per heavy atom. The van der Waals surface area contributed by atoms with E-state index >= 15 is 0 Å². The van der Waals surface area contributed by atoms with Gasteiger partial charge >= 0.3 is 0 Å². The number of aryl methyl sites for hydroxylation is 2. The summed E-state index contributed by atoms with van der Waals surface area (Å²) in [6.07, 6.45) is 7.93. The number of allylic oxidation sites excluding steroid dienone is 1. The molecule has 0 spiro atoms. The molecule has 0 amide bonds. The Hall–Kier alpha value is -2.02. The molecule has 4 rings (SSSR count). The minimum Gasteiger partial charge on any atom is -0.375 e. The molecule has 2 aliphatic heterocycles. The van der Waals surface area contributed by atoms with E-state index in [2.05, 4.69) is 75.5 Å². The quantitative estimate of drug-likeness (QED) is 0.649. The zero-order valence-corrected chi connectivity index (χ0v) is 15.2. The molecule has 1 nitrogen and oxygen atoms in total. The molecular formula is C23H27N. The molecular weight excluding hydrogens is 290 g/mol. The molecule has 2 unspecified atom stereocenters. The van der Waals surface area contributed by atoms with Crippen molar-refractivity contribution < 1.29 is 0 Å². The van der Waals surface area contributed by atoms with Crippen LogP contribution in [0.5, 0.6) is 0 Å². The van der Waals surface area contributed by atoms with Crippen molar-refractivity contribution in [2.24, 2.45) is 5.92 Å². The lowest BCUT2D eigenvalue weighted by molar-refractivity contribution is 0.382. The van der Waals surface area contributed by atoms with Gasteiger partial charge in [-0.05, 0) is 79.8 Å². The van der Waals surface area contributed by atoms with Gasteiger partial charge in [0, 0.05) is 5.69 Å². The number of benzene rings is 2. The number of anilines is 1. The van der Waals surface area contributed by atoms with Crippen LogP contribution >= 0.6 is 0 Å². The first-order chi connectivity index (χ1) is 11.4. The number of nitrogens with one attached hydrogen (secondary N) is 1. The van der Waals surface area contributed by atoms with E-state index in [1.807, 2.05) is 0 Å². The van der Waals surface area contributed by atoms with Gasteiger partial charge in [0.05, 0.1) is 5.54 Å². The van der Waals surface area contributed by atoms with E-state index in [9.17, 15) is 0 Å². The van der Waals surface area contributed by atoms with Crippen molar-refractivity contribution in [1.29, 1.82) is 0 Å². The van der Waals surface area contributed by atoms with Crippen LogP contribution in [0.3, 0.4) is 0 Å². The van der Waals surface area contributed by atoms with Gasteiger partial charge in [-0.25, -0.2) is 0 Å². The Morgan fingerprint density at radius 3 is 2.79 bits per heavy atom. The Kier molecular flexibility index (Phi) is 3.56. The maximum atomic E-state index is 3.95. The fraction of sp³-hybridized carbons (Fsp3) is 0.391. The third kappa shape index (κ3) is 2.56. The molecule has 1 N–H and O–H groups in total. The summed E-state index contributed by atoms with van der Waals surface area (Å²) >= 11 is 0. The number of hydrogen-bond acceptors (Lipinski definition) is 1. The minimum atomic E-state index is -0.0215. The van der Waals surface area contributed by atoms with E-state index in [-0.39, 0.29) is 5.54 Å². The topological polar surface area (TPSA) is 12.0 Å². The second-order valence-electron chi connectivity index (χ2n) is 8.11. The maximum absolute atomic E-state index is 3.95. The average Bonchev–Trinajstić information content (AvgIpc) is 2.52. The van der Waals surface area contributed by atoms with Crippen molar-refractivity contribution in [3.63, 3.8) is 0 Å². The van der Waals surface area contributed by atoms with Crippen LogP contribution in [0.4, 0.5) is 5.69 Å². The van der Waals surface area contributed by atoms with E-state index < -0.39 is 0 Å². The number of rotatable bonds is 0. The summed E-state index contributed by atoms with van der Waals surface area (Å²) in [7, 11) is 0. The second kappa shape index (κ2) is 5.51. The van der Waals surface area contributed by atoms with Crippen molar-refractivity contribution in [3.8, 4) is 0 Å². The van der Waals surface area contributed by atoms with Crippen LogP contribution in [0.25, 0.3) is 6.08 Å². The zero-order valence-electron chi connectivity index (χ0n) is 15.2. The lowest BCUT2D eigenvalue weighted by atomic mass is 9.75. The summed E-state index contributed by atoms with van der Waals surface area (Å²) in [5.41, 5.74) is 9.77. The molecule has 2 aromatic rings. The molecule has 0 saturated heterocycles. The van der Waals surface area contributed by atoms with Gasteiger partial charge in [0.1, 0.15) is 0 Å². The van der Waals surface area contributed by atoms with E-state index in [1.165, 1.54) is 39.1 Å². The van der Waals surface area contributed by atoms with Crippen molar-refractivity contribution in [3.05, 3.63) is 69.8 Å². The Labute approximate surface area is 145 Å². The average molecular weight is 317 g/mol. The van der Waals surface area contributed by atoms with E-state index in [0.717, 1.165) is 19.3 Å². The zero-order chi connectivity index (χ0) is 16.9. The largest absolute Gasteiger partial charge is 0.375 e. The summed E-state index contributed by atoms with van der Waals surface area (Å²) in [5.74, 6) is 0.656. The van der Waals surface area contributed by atoms with Crippen molar-refractivity contribution in [2.75, 3.05) is 5.32 Å². The maximum Gasteiger partial charge on any atom is 0.0605 e. The smallest absolute Gasteiger partial charge is 0.0605 e. The first kappa shape index (κ1) is 15.5. The van der Waals surface area contributed by atoms with Crippen molar-refractivity contribution in [1.82, 2.24) is 0 Å². The Balaban J connectivity index is 1.99. The molecule has 2 aromatic carbocycles. The highest BCUT2D eigenvalue weighted by Crippen LogP contribution is 2.41. The highest BCUT2D eigenvalue weighted by Gasteiger charge is 2.34. The van der Waals surface area contributed by atoms with Gasteiger partial charge in [-0.1, -0.05) is 48.9 Å². The predicted octanol–water partition coefficient (Wildman–Crippen LogP) is 5.78. The molecule has 0 fully saturated rings. The molecule has 0 aromatic heterocycles. The third-order valence-corrected chi connectivity index (χ3v) is 5.62. The molecule has 1 heteroatoms. The molecule has 2 atom stereocenters. The molecule has 2 aliphatic rings. The molecule has 3 bridgehead atoms. The third-order valence-electron chi connectivity index (χ3n) is 5.62. The summed E-state index contributed by atoms with van der Waals surface area (Å²) in [5, 5.41) is 3.95. The van der Waals surface area contributed by atoms with Gasteiger partial charge in [-0.3, -0.25) is 0 Å². The van der Waals surface area contributed by atoms with Crippen LogP contribution in [-0.2, 0) is 18.4 Å². The fourth-order valence-electron chi connectivity index (χ4n) is 4.99. The van der Waals surface area contributed by atoms with Crippen LogP contribution in [0, 0.1) is 19.8 Å². The van der Waals surface area contributed by atoms with Crippen LogP contribution in [0.15, 0.2) is 36.4 Å². The molecule has 0 radical (unpaired) electrons. The summed E-state index contributed by atoms with van der Waals surface area (Å²) in [6.45, 7) is 9.28. The lowest BCUT2D eigenvalue weighted by Crippen LogP contribution is -2.37. The van der Waals surface area contributed by atoms with Crippen LogP contribution < -0.4 is 5.32 Å².